The number of nitrogens with zero attached hydrogens (tertiary/aromatic N) is 5. The van der Waals surface area contributed by atoms with E-state index in [9.17, 15) is 19.5 Å². The molecule has 1 aromatic rings. The zero-order valence-electron chi connectivity index (χ0n) is 19.0. The van der Waals surface area contributed by atoms with Crippen molar-refractivity contribution in [3.05, 3.63) is 17.2 Å². The van der Waals surface area contributed by atoms with Crippen LogP contribution in [-0.2, 0) is 19.2 Å². The van der Waals surface area contributed by atoms with E-state index in [1.165, 1.54) is 16.7 Å². The van der Waals surface area contributed by atoms with Crippen LogP contribution in [0.25, 0.3) is 0 Å². The summed E-state index contributed by atoms with van der Waals surface area (Å²) in [4.78, 5) is 48.8. The average molecular weight is 511 g/mol. The number of anilines is 1. The van der Waals surface area contributed by atoms with Gasteiger partial charge in [-0.1, -0.05) is 5.16 Å². The normalized spacial score (nSPS) is 26.6. The Bertz CT molecular complexity index is 1080. The molecule has 1 aromatic heterocycles. The maximum atomic E-state index is 13.3. The molecule has 3 aliphatic heterocycles. The monoisotopic (exact) mass is 510 g/mol. The Morgan fingerprint density at radius 1 is 1.44 bits per heavy atom. The van der Waals surface area contributed by atoms with E-state index in [1.807, 2.05) is 7.05 Å². The van der Waals surface area contributed by atoms with Gasteiger partial charge < -0.3 is 31.1 Å². The Labute approximate surface area is 204 Å². The van der Waals surface area contributed by atoms with Gasteiger partial charge in [0.15, 0.2) is 5.13 Å². The summed E-state index contributed by atoms with van der Waals surface area (Å²) < 4.78 is 4.42. The summed E-state index contributed by atoms with van der Waals surface area (Å²) in [6.45, 7) is 6.35. The Hall–Kier alpha value is -2.75. The number of amides is 2. The molecule has 0 radical (unpaired) electrons. The molecule has 0 aliphatic carbocycles. The van der Waals surface area contributed by atoms with E-state index in [1.54, 1.807) is 13.8 Å². The van der Waals surface area contributed by atoms with E-state index in [0.717, 1.165) is 24.6 Å². The number of nitrogens with one attached hydrogen (secondary N) is 2. The summed E-state index contributed by atoms with van der Waals surface area (Å²) in [7, 11) is 1.97. The highest BCUT2D eigenvalue weighted by Gasteiger charge is 2.63. The molecule has 4 heterocycles. The molecule has 2 saturated heterocycles. The third-order valence-corrected chi connectivity index (χ3v) is 8.20. The third-order valence-electron chi connectivity index (χ3n) is 6.22. The number of oxime groups is 1. The molecule has 0 unspecified atom stereocenters. The highest BCUT2D eigenvalue weighted by Crippen LogP contribution is 2.47. The van der Waals surface area contributed by atoms with Gasteiger partial charge in [-0.3, -0.25) is 19.0 Å². The Kier molecular flexibility index (Phi) is 6.54. The van der Waals surface area contributed by atoms with E-state index < -0.39 is 28.7 Å². The number of thioether (sulfide) groups is 1. The molecule has 0 bridgehead atoms. The van der Waals surface area contributed by atoms with Gasteiger partial charge in [0.25, 0.3) is 11.8 Å². The van der Waals surface area contributed by atoms with E-state index in [4.69, 9.17) is 10.6 Å². The summed E-state index contributed by atoms with van der Waals surface area (Å²) in [6.07, 6.45) is 0. The predicted molar refractivity (Wildman–Crippen MR) is 123 cm³/mol. The van der Waals surface area contributed by atoms with Crippen molar-refractivity contribution in [3.8, 4) is 0 Å². The van der Waals surface area contributed by atoms with Crippen molar-refractivity contribution in [2.45, 2.75) is 24.8 Å². The van der Waals surface area contributed by atoms with Crippen molar-refractivity contribution >= 4 is 51.9 Å². The summed E-state index contributed by atoms with van der Waals surface area (Å²) in [6, 6.07) is 0. The second kappa shape index (κ2) is 9.13. The minimum Gasteiger partial charge on any atom is -0.543 e. The second-order valence-corrected chi connectivity index (χ2v) is 10.3. The van der Waals surface area contributed by atoms with Crippen molar-refractivity contribution in [2.75, 3.05) is 51.3 Å². The van der Waals surface area contributed by atoms with Crippen LogP contribution in [0.1, 0.15) is 19.7 Å². The van der Waals surface area contributed by atoms with Crippen LogP contribution in [0.2, 0.25) is 0 Å². The fourth-order valence-corrected chi connectivity index (χ4v) is 6.36. The fourth-order valence-electron chi connectivity index (χ4n) is 4.32. The van der Waals surface area contributed by atoms with Gasteiger partial charge in [-0.15, -0.1) is 11.8 Å². The highest BCUT2D eigenvalue weighted by molar-refractivity contribution is 8.00. The van der Waals surface area contributed by atoms with Crippen molar-refractivity contribution in [1.29, 1.82) is 0 Å². The maximum absolute atomic E-state index is 13.3. The topological polar surface area (TPSA) is 175 Å². The van der Waals surface area contributed by atoms with Crippen LogP contribution in [0, 0.1) is 0 Å². The molecule has 15 heteroatoms. The van der Waals surface area contributed by atoms with Crippen molar-refractivity contribution in [2.24, 2.45) is 5.16 Å². The average Bonchev–Trinajstić information content (AvgIpc) is 3.24. The number of aliphatic carboxylic acids is 1. The molecule has 4 N–H and O–H groups in total. The zero-order chi connectivity index (χ0) is 24.7. The Balaban J connectivity index is 1.61. The number of nitrogen functional groups attached to an aromatic ring is 1. The first-order chi connectivity index (χ1) is 16.1. The number of piperazine rings is 1. The SMILES string of the molecule is CCON=C(C(=O)N[C@]1(C)C(=O)N2C(C(=O)[O-])=C([N+]3(C)CCNCC3)CS[C@H]21)c1nsc(N)n1. The van der Waals surface area contributed by atoms with E-state index >= 15 is 0 Å². The number of aromatic nitrogens is 2. The van der Waals surface area contributed by atoms with Gasteiger partial charge in [0.2, 0.25) is 11.5 Å². The third kappa shape index (κ3) is 4.01. The number of fused-ring (bicyclic) bond motifs is 1. The molecule has 2 amide bonds. The predicted octanol–water partition coefficient (Wildman–Crippen LogP) is -2.34. The first kappa shape index (κ1) is 24.4. The summed E-state index contributed by atoms with van der Waals surface area (Å²) in [5, 5.41) is 21.5. The molecule has 2 atom stereocenters. The van der Waals surface area contributed by atoms with Crippen molar-refractivity contribution in [1.82, 2.24) is 24.9 Å². The van der Waals surface area contributed by atoms with Crippen LogP contribution in [0.5, 0.6) is 0 Å². The van der Waals surface area contributed by atoms with E-state index in [2.05, 4.69) is 25.1 Å². The number of carbonyl (C=O) groups excluding carboxylic acids is 3. The van der Waals surface area contributed by atoms with Gasteiger partial charge in [0, 0.05) is 24.6 Å². The van der Waals surface area contributed by atoms with Gasteiger partial charge in [-0.25, -0.2) is 0 Å². The minimum absolute atomic E-state index is 0.0225. The zero-order valence-corrected chi connectivity index (χ0v) is 20.6. The maximum Gasteiger partial charge on any atom is 0.278 e. The molecular formula is C19H26N8O5S2. The standard InChI is InChI=1S/C19H26N8O5S2/c1-4-32-24-11(13-22-18(20)34-25-13)14(28)23-19(2)16(31)26-12(15(29)30)10(9-33-17(19)26)27(3)7-5-21-6-8-27/h17,21H,4-9H2,1-3H3,(H3-,20,22,23,25,28,29,30)/t17-,19+/m0/s1. The van der Waals surface area contributed by atoms with Gasteiger partial charge in [0.05, 0.1) is 31.9 Å². The molecule has 4 rings (SSSR count). The van der Waals surface area contributed by atoms with E-state index in [0.29, 0.717) is 29.0 Å². The lowest BCUT2D eigenvalue weighted by Gasteiger charge is -2.57. The summed E-state index contributed by atoms with van der Waals surface area (Å²) in [5.74, 6) is -2.30. The number of likely N-dealkylation sites (N-methyl/N-ethyl adjacent to an activating group) is 1. The van der Waals surface area contributed by atoms with Crippen LogP contribution in [0.3, 0.4) is 0 Å². The Morgan fingerprint density at radius 2 is 2.15 bits per heavy atom. The quantitative estimate of drug-likeness (QED) is 0.156. The molecule has 0 spiro atoms. The minimum atomic E-state index is -1.40. The lowest BCUT2D eigenvalue weighted by atomic mass is 9.88. The molecule has 0 saturated carbocycles. The number of carboxylic acid groups (broad SMARTS) is 1. The molecule has 34 heavy (non-hydrogen) atoms. The second-order valence-electron chi connectivity index (χ2n) is 8.48. The van der Waals surface area contributed by atoms with Gasteiger partial charge in [-0.05, 0) is 13.8 Å². The molecule has 0 aromatic carbocycles. The first-order valence-corrected chi connectivity index (χ1v) is 12.5. The number of β-lactam (4-membered cyclic amide) rings is 1. The van der Waals surface area contributed by atoms with Crippen LogP contribution in [-0.4, -0.2) is 98.7 Å². The highest BCUT2D eigenvalue weighted by atomic mass is 32.2. The molecular weight excluding hydrogens is 484 g/mol. The molecule has 2 fully saturated rings. The van der Waals surface area contributed by atoms with Gasteiger partial charge >= 0.3 is 0 Å². The lowest BCUT2D eigenvalue weighted by Crippen LogP contribution is -2.79. The number of carboxylic acids is 1. The molecule has 184 valence electrons. The van der Waals surface area contributed by atoms with Crippen molar-refractivity contribution < 1.29 is 28.8 Å². The number of rotatable bonds is 7. The van der Waals surface area contributed by atoms with Gasteiger partial charge in [-0.2, -0.15) is 9.36 Å². The van der Waals surface area contributed by atoms with Crippen LogP contribution in [0.15, 0.2) is 16.5 Å². The van der Waals surface area contributed by atoms with Gasteiger partial charge in [0.1, 0.15) is 28.9 Å². The fraction of sp³-hybridized carbons (Fsp3) is 0.579. The number of hydrogen-bond donors (Lipinski definition) is 3. The van der Waals surface area contributed by atoms with E-state index in [-0.39, 0.29) is 29.0 Å². The lowest BCUT2D eigenvalue weighted by molar-refractivity contribution is -0.874. The molecule has 3 aliphatic rings. The Morgan fingerprint density at radius 3 is 2.74 bits per heavy atom. The van der Waals surface area contributed by atoms with Crippen LogP contribution in [0.4, 0.5) is 5.13 Å². The van der Waals surface area contributed by atoms with Crippen LogP contribution >= 0.6 is 23.3 Å². The number of nitrogens with two attached hydrogens (primary N) is 1. The number of quaternary nitrogens is 1. The number of carbonyl (C=O) groups is 3. The smallest absolute Gasteiger partial charge is 0.278 e. The first-order valence-electron chi connectivity index (χ1n) is 10.7. The van der Waals surface area contributed by atoms with Crippen molar-refractivity contribution in [3.63, 3.8) is 0 Å². The summed E-state index contributed by atoms with van der Waals surface area (Å²) in [5.41, 5.74) is 4.57. The van der Waals surface area contributed by atoms with Crippen LogP contribution < -0.4 is 21.5 Å². The summed E-state index contributed by atoms with van der Waals surface area (Å²) >= 11 is 2.29. The largest absolute Gasteiger partial charge is 0.543 e. The molecule has 13 nitrogen and oxygen atoms in total. The number of hydrogen-bond acceptors (Lipinski definition) is 12.